The van der Waals surface area contributed by atoms with Crippen LogP contribution in [0.5, 0.6) is 0 Å². The van der Waals surface area contributed by atoms with Crippen LogP contribution in [0.1, 0.15) is 17.9 Å². The smallest absolute Gasteiger partial charge is 0.248 e. The van der Waals surface area contributed by atoms with Gasteiger partial charge in [-0.1, -0.05) is 16.8 Å². The maximum absolute atomic E-state index is 12.9. The van der Waals surface area contributed by atoms with E-state index < -0.39 is 15.3 Å². The number of anilines is 1. The molecule has 2 aliphatic heterocycles. The van der Waals surface area contributed by atoms with E-state index in [4.69, 9.17) is 16.1 Å². The van der Waals surface area contributed by atoms with Crippen molar-refractivity contribution in [2.45, 2.75) is 35.3 Å². The highest BCUT2D eigenvalue weighted by Gasteiger charge is 2.36. The number of carbonyl (C=O) groups excluding carboxylic acids is 2. The highest BCUT2D eigenvalue weighted by molar-refractivity contribution is 8.01. The molecule has 1 saturated heterocycles. The van der Waals surface area contributed by atoms with Crippen molar-refractivity contribution in [3.8, 4) is 0 Å². The van der Waals surface area contributed by atoms with Crippen LogP contribution < -0.4 is 5.32 Å². The first kappa shape index (κ1) is 22.1. The van der Waals surface area contributed by atoms with Crippen LogP contribution in [-0.2, 0) is 19.6 Å². The minimum atomic E-state index is -3.74. The summed E-state index contributed by atoms with van der Waals surface area (Å²) in [6.45, 7) is 4.00. The van der Waals surface area contributed by atoms with Gasteiger partial charge in [0.15, 0.2) is 5.76 Å². The van der Waals surface area contributed by atoms with E-state index in [1.54, 1.807) is 30.9 Å². The third-order valence-electron chi connectivity index (χ3n) is 5.28. The predicted molar refractivity (Wildman–Crippen MR) is 116 cm³/mol. The molecule has 166 valence electrons. The molecule has 0 saturated carbocycles. The number of aryl methyl sites for hydroxylation is 2. The van der Waals surface area contributed by atoms with Gasteiger partial charge in [-0.05, 0) is 32.0 Å². The second-order valence-electron chi connectivity index (χ2n) is 7.38. The van der Waals surface area contributed by atoms with Gasteiger partial charge in [0, 0.05) is 42.5 Å². The maximum atomic E-state index is 12.9. The number of sulfonamides is 1. The number of piperazine rings is 1. The van der Waals surface area contributed by atoms with Crippen molar-refractivity contribution in [1.29, 1.82) is 0 Å². The molecule has 0 bridgehead atoms. The number of thioether (sulfide) groups is 1. The minimum absolute atomic E-state index is 0.0369. The molecule has 1 N–H and O–H groups in total. The lowest BCUT2D eigenvalue weighted by atomic mass is 10.2. The second-order valence-corrected chi connectivity index (χ2v) is 10.9. The van der Waals surface area contributed by atoms with E-state index in [-0.39, 0.29) is 55.1 Å². The highest BCUT2D eigenvalue weighted by Crippen LogP contribution is 2.38. The zero-order chi connectivity index (χ0) is 22.3. The topological polar surface area (TPSA) is 113 Å². The summed E-state index contributed by atoms with van der Waals surface area (Å²) in [4.78, 5) is 27.8. The molecule has 2 amide bonds. The SMILES string of the molecule is Cc1noc(C)c1S(=O)(=O)N1CCN(C(=O)C[C@@H]2Sc3ccc(Cl)cc3NC2=O)CC1. The van der Waals surface area contributed by atoms with Crippen molar-refractivity contribution in [3.05, 3.63) is 34.7 Å². The summed E-state index contributed by atoms with van der Waals surface area (Å²) in [5.41, 5.74) is 0.960. The molecular formula is C19H21ClN4O5S2. The molecule has 2 aliphatic rings. The van der Waals surface area contributed by atoms with E-state index in [1.807, 2.05) is 6.07 Å². The number of hydrogen-bond acceptors (Lipinski definition) is 7. The van der Waals surface area contributed by atoms with Gasteiger partial charge in [-0.2, -0.15) is 4.31 Å². The summed E-state index contributed by atoms with van der Waals surface area (Å²) in [6.07, 6.45) is 0.0369. The Kier molecular flexibility index (Phi) is 6.03. The van der Waals surface area contributed by atoms with Gasteiger partial charge in [0.2, 0.25) is 21.8 Å². The molecule has 1 aromatic heterocycles. The fourth-order valence-corrected chi connectivity index (χ4v) is 6.66. The summed E-state index contributed by atoms with van der Waals surface area (Å²) in [5, 5.41) is 6.49. The van der Waals surface area contributed by atoms with E-state index in [1.165, 1.54) is 16.1 Å². The van der Waals surface area contributed by atoms with Gasteiger partial charge in [0.1, 0.15) is 10.6 Å². The van der Waals surface area contributed by atoms with Crippen LogP contribution in [0.4, 0.5) is 5.69 Å². The molecule has 12 heteroatoms. The third-order valence-corrected chi connectivity index (χ3v) is 8.93. The van der Waals surface area contributed by atoms with E-state index in [0.29, 0.717) is 16.4 Å². The Labute approximate surface area is 189 Å². The number of amides is 2. The van der Waals surface area contributed by atoms with Gasteiger partial charge >= 0.3 is 0 Å². The fraction of sp³-hybridized carbons (Fsp3) is 0.421. The van der Waals surface area contributed by atoms with Crippen molar-refractivity contribution in [2.75, 3.05) is 31.5 Å². The highest BCUT2D eigenvalue weighted by atomic mass is 35.5. The molecule has 0 unspecified atom stereocenters. The molecule has 0 spiro atoms. The molecule has 1 fully saturated rings. The Morgan fingerprint density at radius 1 is 1.29 bits per heavy atom. The molecular weight excluding hydrogens is 464 g/mol. The van der Waals surface area contributed by atoms with E-state index in [0.717, 1.165) is 4.90 Å². The van der Waals surface area contributed by atoms with E-state index >= 15 is 0 Å². The van der Waals surface area contributed by atoms with Gasteiger partial charge in [0.05, 0.1) is 10.9 Å². The first-order valence-corrected chi connectivity index (χ1v) is 12.3. The van der Waals surface area contributed by atoms with Crippen LogP contribution in [0, 0.1) is 13.8 Å². The number of nitrogens with one attached hydrogen (secondary N) is 1. The van der Waals surface area contributed by atoms with Gasteiger partial charge < -0.3 is 14.7 Å². The molecule has 2 aromatic rings. The van der Waals surface area contributed by atoms with Crippen LogP contribution in [-0.4, -0.2) is 66.0 Å². The van der Waals surface area contributed by atoms with Gasteiger partial charge in [-0.15, -0.1) is 11.8 Å². The monoisotopic (exact) mass is 484 g/mol. The number of aromatic nitrogens is 1. The average Bonchev–Trinajstić information content (AvgIpc) is 3.07. The minimum Gasteiger partial charge on any atom is -0.360 e. The number of fused-ring (bicyclic) bond motifs is 1. The summed E-state index contributed by atoms with van der Waals surface area (Å²) >= 11 is 7.29. The fourth-order valence-electron chi connectivity index (χ4n) is 3.69. The Morgan fingerprint density at radius 2 is 2.00 bits per heavy atom. The second kappa shape index (κ2) is 8.45. The lowest BCUT2D eigenvalue weighted by Gasteiger charge is -2.34. The van der Waals surface area contributed by atoms with Gasteiger partial charge in [-0.25, -0.2) is 8.42 Å². The summed E-state index contributed by atoms with van der Waals surface area (Å²) in [6, 6.07) is 5.23. The molecule has 0 aliphatic carbocycles. The Hall–Kier alpha value is -2.08. The molecule has 1 aromatic carbocycles. The van der Waals surface area contributed by atoms with Crippen LogP contribution >= 0.6 is 23.4 Å². The molecule has 31 heavy (non-hydrogen) atoms. The number of carbonyl (C=O) groups is 2. The third kappa shape index (κ3) is 4.32. The molecule has 1 atom stereocenters. The Balaban J connectivity index is 1.38. The van der Waals surface area contributed by atoms with E-state index in [9.17, 15) is 18.0 Å². The number of hydrogen-bond donors (Lipinski definition) is 1. The molecule has 4 rings (SSSR count). The van der Waals surface area contributed by atoms with Crippen molar-refractivity contribution in [2.24, 2.45) is 0 Å². The Morgan fingerprint density at radius 3 is 2.65 bits per heavy atom. The largest absolute Gasteiger partial charge is 0.360 e. The number of halogens is 1. The predicted octanol–water partition coefficient (Wildman–Crippen LogP) is 2.28. The lowest BCUT2D eigenvalue weighted by molar-refractivity contribution is -0.133. The standard InChI is InChI=1S/C19H21ClN4O5S2/c1-11-18(12(2)29-22-11)31(27,28)24-7-5-23(6-8-24)17(25)10-16-19(26)21-14-9-13(20)3-4-15(14)30-16/h3-4,9,16H,5-8,10H2,1-2H3,(H,21,26)/t16-/m0/s1. The van der Waals surface area contributed by atoms with Crippen LogP contribution in [0.3, 0.4) is 0 Å². The van der Waals surface area contributed by atoms with Crippen molar-refractivity contribution in [3.63, 3.8) is 0 Å². The number of benzene rings is 1. The summed E-state index contributed by atoms with van der Waals surface area (Å²) in [5.74, 6) is -0.176. The van der Waals surface area contributed by atoms with Gasteiger partial charge in [-0.3, -0.25) is 9.59 Å². The van der Waals surface area contributed by atoms with Crippen molar-refractivity contribution < 1.29 is 22.5 Å². The lowest BCUT2D eigenvalue weighted by Crippen LogP contribution is -2.51. The van der Waals surface area contributed by atoms with Crippen LogP contribution in [0.2, 0.25) is 5.02 Å². The quantitative estimate of drug-likeness (QED) is 0.708. The van der Waals surface area contributed by atoms with Crippen molar-refractivity contribution >= 4 is 50.9 Å². The van der Waals surface area contributed by atoms with E-state index in [2.05, 4.69) is 10.5 Å². The number of nitrogens with zero attached hydrogens (tertiary/aromatic N) is 3. The Bertz CT molecular complexity index is 1120. The molecule has 0 radical (unpaired) electrons. The first-order valence-electron chi connectivity index (χ1n) is 9.64. The maximum Gasteiger partial charge on any atom is 0.248 e. The molecule has 9 nitrogen and oxygen atoms in total. The molecule has 3 heterocycles. The zero-order valence-electron chi connectivity index (χ0n) is 16.9. The van der Waals surface area contributed by atoms with Crippen molar-refractivity contribution in [1.82, 2.24) is 14.4 Å². The summed E-state index contributed by atoms with van der Waals surface area (Å²) < 4.78 is 32.2. The average molecular weight is 485 g/mol. The zero-order valence-corrected chi connectivity index (χ0v) is 19.3. The summed E-state index contributed by atoms with van der Waals surface area (Å²) in [7, 11) is -3.74. The normalized spacial score (nSPS) is 19.8. The number of rotatable bonds is 4. The van der Waals surface area contributed by atoms with Gasteiger partial charge in [0.25, 0.3) is 0 Å². The van der Waals surface area contributed by atoms with Crippen LogP contribution in [0.15, 0.2) is 32.5 Å². The first-order chi connectivity index (χ1) is 14.7. The van der Waals surface area contributed by atoms with Crippen LogP contribution in [0.25, 0.3) is 0 Å².